The van der Waals surface area contributed by atoms with Gasteiger partial charge in [-0.15, -0.1) is 15.8 Å². The van der Waals surface area contributed by atoms with Gasteiger partial charge < -0.3 is 0 Å². The number of allylic oxidation sites excluding steroid dienone is 1. The molecule has 1 aliphatic carbocycles. The van der Waals surface area contributed by atoms with Crippen LogP contribution in [-0.4, -0.2) is 6.16 Å². The first-order valence-electron chi connectivity index (χ1n) is 9.39. The van der Waals surface area contributed by atoms with Gasteiger partial charge in [0.15, 0.2) is 11.6 Å². The Hall–Kier alpha value is -0.426. The van der Waals surface area contributed by atoms with E-state index < -0.39 is 11.6 Å². The Labute approximate surface area is 190 Å². The van der Waals surface area contributed by atoms with Crippen molar-refractivity contribution < 1.29 is 41.5 Å². The molecule has 0 saturated heterocycles. The van der Waals surface area contributed by atoms with Gasteiger partial charge in [-0.2, -0.15) is 0 Å². The van der Waals surface area contributed by atoms with Crippen LogP contribution in [0.15, 0.2) is 49.1 Å². The third-order valence-electron chi connectivity index (χ3n) is 5.07. The third kappa shape index (κ3) is 6.55. The second kappa shape index (κ2) is 12.2. The van der Waals surface area contributed by atoms with E-state index >= 15 is 0 Å². The van der Waals surface area contributed by atoms with E-state index in [2.05, 4.69) is 41.0 Å². The molecule has 1 unspecified atom stereocenters. The topological polar surface area (TPSA) is 0 Å². The Bertz CT molecular complexity index is 720. The van der Waals surface area contributed by atoms with Crippen LogP contribution in [0.3, 0.4) is 0 Å². The van der Waals surface area contributed by atoms with Crippen molar-refractivity contribution in [2.75, 3.05) is 6.16 Å². The number of hydrogen-bond acceptors (Lipinski definition) is 0. The molecule has 0 bridgehead atoms. The molecule has 0 heterocycles. The van der Waals surface area contributed by atoms with Gasteiger partial charge in [-0.1, -0.05) is 49.4 Å². The van der Waals surface area contributed by atoms with Gasteiger partial charge >= 0.3 is 0 Å². The summed E-state index contributed by atoms with van der Waals surface area (Å²) in [5.74, 6) is -0.298. The smallest absolute Gasteiger partial charge is 0.166 e. The summed E-state index contributed by atoms with van der Waals surface area (Å²) in [4.78, 5) is 0. The van der Waals surface area contributed by atoms with E-state index in [-0.39, 0.29) is 32.7 Å². The SMILES string of the molecule is C=CC1CCC(c2ccc(-c3ccc(C)c(F)c3F)cc2)CC1.CCP.[Y]. The van der Waals surface area contributed by atoms with E-state index in [4.69, 9.17) is 0 Å². The van der Waals surface area contributed by atoms with Crippen LogP contribution in [0.1, 0.15) is 49.7 Å². The molecule has 2 aromatic rings. The predicted molar refractivity (Wildman–Crippen MR) is 112 cm³/mol. The van der Waals surface area contributed by atoms with Gasteiger partial charge in [0, 0.05) is 38.3 Å². The monoisotopic (exact) mass is 463 g/mol. The summed E-state index contributed by atoms with van der Waals surface area (Å²) in [6.07, 6.45) is 7.95. The molecule has 1 atom stereocenters. The fourth-order valence-electron chi connectivity index (χ4n) is 3.49. The fourth-order valence-corrected chi connectivity index (χ4v) is 3.49. The Morgan fingerprint density at radius 2 is 1.56 bits per heavy atom. The molecule has 1 saturated carbocycles. The molecule has 0 nitrogen and oxygen atoms in total. The first-order chi connectivity index (χ1) is 12.5. The van der Waals surface area contributed by atoms with E-state index in [0.717, 1.165) is 5.56 Å². The van der Waals surface area contributed by atoms with E-state index in [0.29, 0.717) is 23.0 Å². The van der Waals surface area contributed by atoms with Gasteiger partial charge in [-0.25, -0.2) is 8.78 Å². The molecule has 143 valence electrons. The summed E-state index contributed by atoms with van der Waals surface area (Å²) in [6, 6.07) is 11.2. The summed E-state index contributed by atoms with van der Waals surface area (Å²) < 4.78 is 27.8. The van der Waals surface area contributed by atoms with Crippen LogP contribution >= 0.6 is 9.24 Å². The maximum absolute atomic E-state index is 14.1. The van der Waals surface area contributed by atoms with E-state index in [9.17, 15) is 8.78 Å². The molecule has 27 heavy (non-hydrogen) atoms. The number of halogens is 2. The minimum atomic E-state index is -0.760. The third-order valence-corrected chi connectivity index (χ3v) is 5.07. The van der Waals surface area contributed by atoms with Crippen molar-refractivity contribution >= 4 is 9.24 Å². The van der Waals surface area contributed by atoms with Crippen molar-refractivity contribution in [1.29, 1.82) is 0 Å². The Morgan fingerprint density at radius 1 is 1.00 bits per heavy atom. The molecular formula is C23H29F2PY. The van der Waals surface area contributed by atoms with E-state index in [1.54, 1.807) is 19.1 Å². The van der Waals surface area contributed by atoms with Crippen molar-refractivity contribution in [2.24, 2.45) is 5.92 Å². The summed E-state index contributed by atoms with van der Waals surface area (Å²) in [5, 5.41) is 0. The predicted octanol–water partition coefficient (Wildman–Crippen LogP) is 7.28. The molecular weight excluding hydrogens is 434 g/mol. The normalized spacial score (nSPS) is 18.7. The largest absolute Gasteiger partial charge is 0.203 e. The van der Waals surface area contributed by atoms with Crippen molar-refractivity contribution in [1.82, 2.24) is 0 Å². The van der Waals surface area contributed by atoms with Crippen LogP contribution in [-0.2, 0) is 32.7 Å². The molecule has 0 N–H and O–H groups in total. The minimum absolute atomic E-state index is 0. The molecule has 4 heteroatoms. The molecule has 3 rings (SSSR count). The average Bonchev–Trinajstić information content (AvgIpc) is 2.67. The van der Waals surface area contributed by atoms with Crippen LogP contribution < -0.4 is 0 Å². The quantitative estimate of drug-likeness (QED) is 0.332. The number of benzene rings is 2. The molecule has 0 aromatic heterocycles. The molecule has 1 aliphatic rings. The Morgan fingerprint density at radius 3 is 2.07 bits per heavy atom. The van der Waals surface area contributed by atoms with Crippen LogP contribution in [0.25, 0.3) is 11.1 Å². The van der Waals surface area contributed by atoms with E-state index in [1.807, 2.05) is 12.1 Å². The van der Waals surface area contributed by atoms with Crippen LogP contribution in [0.4, 0.5) is 8.78 Å². The fraction of sp³-hybridized carbons (Fsp3) is 0.391. The molecule has 0 aliphatic heterocycles. The zero-order chi connectivity index (χ0) is 19.1. The average molecular weight is 463 g/mol. The van der Waals surface area contributed by atoms with Crippen molar-refractivity contribution in [3.05, 3.63) is 71.8 Å². The van der Waals surface area contributed by atoms with Crippen LogP contribution in [0.2, 0.25) is 0 Å². The maximum Gasteiger partial charge on any atom is 0.166 e. The van der Waals surface area contributed by atoms with Crippen LogP contribution in [0.5, 0.6) is 0 Å². The molecule has 2 aromatic carbocycles. The second-order valence-corrected chi connectivity index (χ2v) is 7.75. The summed E-state index contributed by atoms with van der Waals surface area (Å²) >= 11 is 0. The van der Waals surface area contributed by atoms with Gasteiger partial charge in [0.2, 0.25) is 0 Å². The zero-order valence-corrected chi connectivity index (χ0v) is 20.3. The first kappa shape index (κ1) is 24.6. The Kier molecular flexibility index (Phi) is 11.1. The molecule has 0 spiro atoms. The second-order valence-electron chi connectivity index (χ2n) is 6.94. The summed E-state index contributed by atoms with van der Waals surface area (Å²) in [6.45, 7) is 7.54. The van der Waals surface area contributed by atoms with Crippen molar-refractivity contribution in [2.45, 2.75) is 45.4 Å². The number of hydrogen-bond donors (Lipinski definition) is 0. The molecule has 0 amide bonds. The molecule has 1 radical (unpaired) electrons. The standard InChI is InChI=1S/C21H22F2.C2H7P.Y/c1-3-15-5-7-16(8-6-15)17-9-11-18(12-10-17)19-13-4-14(2)20(22)21(19)23;1-2-3;/h3-4,9-13,15-16H,1,5-8H2,2H3;2-3H2,1H3;. The van der Waals surface area contributed by atoms with Gasteiger partial charge in [-0.3, -0.25) is 0 Å². The summed E-state index contributed by atoms with van der Waals surface area (Å²) in [5.41, 5.74) is 2.69. The molecule has 1 fully saturated rings. The minimum Gasteiger partial charge on any atom is -0.203 e. The Balaban J connectivity index is 0.000000855. The van der Waals surface area contributed by atoms with Crippen LogP contribution in [0, 0.1) is 24.5 Å². The van der Waals surface area contributed by atoms with Gasteiger partial charge in [0.1, 0.15) is 0 Å². The number of aryl methyl sites for hydroxylation is 1. The van der Waals surface area contributed by atoms with Gasteiger partial charge in [0.25, 0.3) is 0 Å². The van der Waals surface area contributed by atoms with Crippen molar-refractivity contribution in [3.8, 4) is 11.1 Å². The zero-order valence-electron chi connectivity index (χ0n) is 16.3. The van der Waals surface area contributed by atoms with Gasteiger partial charge in [-0.05, 0) is 67.3 Å². The van der Waals surface area contributed by atoms with Crippen molar-refractivity contribution in [3.63, 3.8) is 0 Å². The first-order valence-corrected chi connectivity index (χ1v) is 10.2. The summed E-state index contributed by atoms with van der Waals surface area (Å²) in [7, 11) is 2.58. The number of rotatable bonds is 3. The van der Waals surface area contributed by atoms with Gasteiger partial charge in [0.05, 0.1) is 0 Å². The maximum atomic E-state index is 14.1. The van der Waals surface area contributed by atoms with E-state index in [1.165, 1.54) is 37.4 Å².